The second-order valence-electron chi connectivity index (χ2n) is 5.17. The van der Waals surface area contributed by atoms with Crippen LogP contribution in [0, 0.1) is 6.92 Å². The fraction of sp³-hybridized carbons (Fsp3) is 0.0556. The second-order valence-corrected chi connectivity index (χ2v) is 5.58. The van der Waals surface area contributed by atoms with Crippen molar-refractivity contribution in [2.75, 3.05) is 10.6 Å². The zero-order chi connectivity index (χ0) is 16.4. The molecule has 3 aromatic rings. The smallest absolute Gasteiger partial charge is 0.323 e. The number of phenolic OH excluding ortho intramolecular Hbond substituents is 1. The zero-order valence-corrected chi connectivity index (χ0v) is 13.2. The molecule has 0 aliphatic rings. The van der Waals surface area contributed by atoms with Crippen LogP contribution in [0.15, 0.2) is 54.6 Å². The molecule has 2 amide bonds. The summed E-state index contributed by atoms with van der Waals surface area (Å²) in [6, 6.07) is 15.5. The maximum absolute atomic E-state index is 12.2. The van der Waals surface area contributed by atoms with Crippen LogP contribution in [-0.2, 0) is 0 Å². The van der Waals surface area contributed by atoms with Crippen molar-refractivity contribution in [1.29, 1.82) is 0 Å². The normalized spacial score (nSPS) is 10.5. The van der Waals surface area contributed by atoms with E-state index in [1.807, 2.05) is 13.0 Å². The van der Waals surface area contributed by atoms with E-state index in [2.05, 4.69) is 10.6 Å². The number of hydrogen-bond donors (Lipinski definition) is 3. The van der Waals surface area contributed by atoms with Crippen molar-refractivity contribution in [3.05, 3.63) is 65.2 Å². The van der Waals surface area contributed by atoms with E-state index >= 15 is 0 Å². The lowest BCUT2D eigenvalue weighted by Crippen LogP contribution is -2.20. The van der Waals surface area contributed by atoms with Gasteiger partial charge in [0.2, 0.25) is 0 Å². The molecule has 4 nitrogen and oxygen atoms in total. The third-order valence-electron chi connectivity index (χ3n) is 3.66. The van der Waals surface area contributed by atoms with Crippen molar-refractivity contribution >= 4 is 39.8 Å². The van der Waals surface area contributed by atoms with Crippen LogP contribution in [0.5, 0.6) is 5.75 Å². The summed E-state index contributed by atoms with van der Waals surface area (Å²) in [7, 11) is 0. The highest BCUT2D eigenvalue weighted by atomic mass is 35.5. The molecule has 0 fully saturated rings. The number of amides is 2. The number of phenols is 1. The lowest BCUT2D eigenvalue weighted by molar-refractivity contribution is 0.262. The molecule has 0 radical (unpaired) electrons. The van der Waals surface area contributed by atoms with E-state index in [-0.39, 0.29) is 11.8 Å². The Morgan fingerprint density at radius 1 is 0.913 bits per heavy atom. The first kappa shape index (κ1) is 15.2. The van der Waals surface area contributed by atoms with Crippen LogP contribution in [0.1, 0.15) is 5.56 Å². The molecule has 0 aromatic heterocycles. The number of urea groups is 1. The summed E-state index contributed by atoms with van der Waals surface area (Å²) in [5, 5.41) is 17.5. The number of hydrogen-bond acceptors (Lipinski definition) is 2. The van der Waals surface area contributed by atoms with Crippen LogP contribution in [0.25, 0.3) is 10.8 Å². The Morgan fingerprint density at radius 3 is 2.35 bits per heavy atom. The van der Waals surface area contributed by atoms with Gasteiger partial charge in [0.15, 0.2) is 0 Å². The van der Waals surface area contributed by atoms with Crippen LogP contribution in [-0.4, -0.2) is 11.1 Å². The minimum atomic E-state index is -0.369. The summed E-state index contributed by atoms with van der Waals surface area (Å²) < 4.78 is 0. The third-order valence-corrected chi connectivity index (χ3v) is 4.07. The first-order valence-corrected chi connectivity index (χ1v) is 7.48. The molecule has 0 saturated heterocycles. The number of aromatic hydroxyl groups is 1. The van der Waals surface area contributed by atoms with Gasteiger partial charge in [-0.15, -0.1) is 0 Å². The maximum Gasteiger partial charge on any atom is 0.323 e. The molecule has 0 spiro atoms. The first-order valence-electron chi connectivity index (χ1n) is 7.10. The highest BCUT2D eigenvalue weighted by molar-refractivity contribution is 6.31. The van der Waals surface area contributed by atoms with Crippen molar-refractivity contribution in [2.45, 2.75) is 6.92 Å². The molecule has 5 heteroatoms. The predicted octanol–water partition coefficient (Wildman–Crippen LogP) is 5.15. The van der Waals surface area contributed by atoms with E-state index in [4.69, 9.17) is 11.6 Å². The van der Waals surface area contributed by atoms with Gasteiger partial charge in [-0.3, -0.25) is 0 Å². The summed E-state index contributed by atoms with van der Waals surface area (Å²) in [6.07, 6.45) is 0. The molecular weight excluding hydrogens is 312 g/mol. The molecule has 23 heavy (non-hydrogen) atoms. The molecule has 3 aromatic carbocycles. The average Bonchev–Trinajstić information content (AvgIpc) is 2.53. The van der Waals surface area contributed by atoms with Crippen molar-refractivity contribution in [2.24, 2.45) is 0 Å². The van der Waals surface area contributed by atoms with Gasteiger partial charge >= 0.3 is 6.03 Å². The van der Waals surface area contributed by atoms with Crippen LogP contribution < -0.4 is 10.6 Å². The quantitative estimate of drug-likeness (QED) is 0.609. The monoisotopic (exact) mass is 326 g/mol. The number of benzene rings is 3. The Kier molecular flexibility index (Phi) is 4.08. The van der Waals surface area contributed by atoms with Crippen molar-refractivity contribution < 1.29 is 9.90 Å². The number of carbonyl (C=O) groups excluding carboxylic acids is 1. The lowest BCUT2D eigenvalue weighted by atomic mass is 10.1. The summed E-state index contributed by atoms with van der Waals surface area (Å²) >= 11 is 6.05. The van der Waals surface area contributed by atoms with E-state index < -0.39 is 0 Å². The minimum Gasteiger partial charge on any atom is -0.507 e. The molecule has 0 atom stereocenters. The van der Waals surface area contributed by atoms with Gasteiger partial charge in [-0.05, 0) is 36.8 Å². The number of rotatable bonds is 2. The minimum absolute atomic E-state index is 0.178. The van der Waals surface area contributed by atoms with E-state index in [1.165, 1.54) is 0 Å². The van der Waals surface area contributed by atoms with Gasteiger partial charge in [-0.1, -0.05) is 41.9 Å². The van der Waals surface area contributed by atoms with Crippen molar-refractivity contribution in [1.82, 2.24) is 0 Å². The largest absolute Gasteiger partial charge is 0.507 e. The standard InChI is InChI=1S/C18H15ClN2O2/c1-11-14(19)7-4-8-15(11)20-18(23)21-16-9-2-6-13-12(16)5-3-10-17(13)22/h2-10,22H,1H3,(H2,20,21,23). The van der Waals surface area contributed by atoms with Crippen LogP contribution in [0.4, 0.5) is 16.2 Å². The number of nitrogens with one attached hydrogen (secondary N) is 2. The highest BCUT2D eigenvalue weighted by Gasteiger charge is 2.09. The Morgan fingerprint density at radius 2 is 1.52 bits per heavy atom. The van der Waals surface area contributed by atoms with Crippen molar-refractivity contribution in [3.8, 4) is 5.75 Å². The van der Waals surface area contributed by atoms with Gasteiger partial charge in [-0.2, -0.15) is 0 Å². The zero-order valence-electron chi connectivity index (χ0n) is 12.4. The Labute approximate surface area is 138 Å². The van der Waals surface area contributed by atoms with Crippen LogP contribution in [0.3, 0.4) is 0 Å². The highest BCUT2D eigenvalue weighted by Crippen LogP contribution is 2.30. The van der Waals surface area contributed by atoms with E-state index in [0.29, 0.717) is 21.8 Å². The summed E-state index contributed by atoms with van der Waals surface area (Å²) in [5.74, 6) is 0.178. The Balaban J connectivity index is 1.86. The molecule has 3 N–H and O–H groups in total. The molecule has 0 unspecified atom stereocenters. The van der Waals surface area contributed by atoms with Gasteiger partial charge < -0.3 is 15.7 Å². The summed E-state index contributed by atoms with van der Waals surface area (Å²) in [5.41, 5.74) is 2.08. The molecule has 116 valence electrons. The molecule has 0 bridgehead atoms. The fourth-order valence-corrected chi connectivity index (χ4v) is 2.60. The molecule has 3 rings (SSSR count). The molecule has 0 aliphatic heterocycles. The van der Waals surface area contributed by atoms with Crippen LogP contribution in [0.2, 0.25) is 5.02 Å². The summed E-state index contributed by atoms with van der Waals surface area (Å²) in [6.45, 7) is 1.84. The van der Waals surface area contributed by atoms with Gasteiger partial charge in [0.25, 0.3) is 0 Å². The SMILES string of the molecule is Cc1c(Cl)cccc1NC(=O)Nc1cccc2c(O)cccc12. The van der Waals surface area contributed by atoms with Gasteiger partial charge in [0, 0.05) is 21.5 Å². The Bertz CT molecular complexity index is 893. The number of anilines is 2. The number of carbonyl (C=O) groups is 1. The Hall–Kier alpha value is -2.72. The topological polar surface area (TPSA) is 61.4 Å². The van der Waals surface area contributed by atoms with E-state index in [1.54, 1.807) is 48.5 Å². The maximum atomic E-state index is 12.2. The van der Waals surface area contributed by atoms with Gasteiger partial charge in [0.05, 0.1) is 5.69 Å². The number of fused-ring (bicyclic) bond motifs is 1. The average molecular weight is 327 g/mol. The van der Waals surface area contributed by atoms with Gasteiger partial charge in [0.1, 0.15) is 5.75 Å². The fourth-order valence-electron chi connectivity index (χ4n) is 2.42. The van der Waals surface area contributed by atoms with E-state index in [0.717, 1.165) is 10.9 Å². The number of halogens is 1. The predicted molar refractivity (Wildman–Crippen MR) is 94.4 cm³/mol. The second kappa shape index (κ2) is 6.18. The molecule has 0 aliphatic carbocycles. The van der Waals surface area contributed by atoms with Crippen LogP contribution >= 0.6 is 11.6 Å². The third kappa shape index (κ3) is 3.07. The lowest BCUT2D eigenvalue weighted by Gasteiger charge is -2.12. The molecule has 0 heterocycles. The molecule has 0 saturated carbocycles. The van der Waals surface area contributed by atoms with Gasteiger partial charge in [-0.25, -0.2) is 4.79 Å². The molecular formula is C18H15ClN2O2. The van der Waals surface area contributed by atoms with E-state index in [9.17, 15) is 9.90 Å². The first-order chi connectivity index (χ1) is 11.1. The van der Waals surface area contributed by atoms with Crippen molar-refractivity contribution in [3.63, 3.8) is 0 Å². The summed E-state index contributed by atoms with van der Waals surface area (Å²) in [4.78, 5) is 12.2.